The quantitative estimate of drug-likeness (QED) is 0.518. The van der Waals surface area contributed by atoms with E-state index in [1.165, 1.54) is 6.20 Å². The fraction of sp³-hybridized carbons (Fsp3) is 0.200. The average molecular weight is 152 g/mol. The summed E-state index contributed by atoms with van der Waals surface area (Å²) in [5, 5.41) is 0.449. The molecular formula is C5H5ClN2Na. The normalized spacial score (nSPS) is 8.22. The summed E-state index contributed by atoms with van der Waals surface area (Å²) >= 11 is 5.47. The van der Waals surface area contributed by atoms with E-state index in [0.29, 0.717) is 5.15 Å². The molecule has 9 heavy (non-hydrogen) atoms. The van der Waals surface area contributed by atoms with Crippen LogP contribution in [0.3, 0.4) is 0 Å². The van der Waals surface area contributed by atoms with Gasteiger partial charge >= 0.3 is 0 Å². The Bertz CT molecular complexity index is 175. The fourth-order valence-electron chi connectivity index (χ4n) is 0.433. The largest absolute Gasteiger partial charge is 0.260 e. The number of hydrogen-bond acceptors (Lipinski definition) is 2. The fourth-order valence-corrected chi connectivity index (χ4v) is 0.623. The maximum absolute atomic E-state index is 5.47. The van der Waals surface area contributed by atoms with Crippen molar-refractivity contribution in [2.45, 2.75) is 6.92 Å². The van der Waals surface area contributed by atoms with E-state index in [2.05, 4.69) is 9.97 Å². The zero-order chi connectivity index (χ0) is 5.98. The SMILES string of the molecule is Cc1cncc(Cl)n1.[Na]. The van der Waals surface area contributed by atoms with E-state index in [-0.39, 0.29) is 29.6 Å². The van der Waals surface area contributed by atoms with Crippen molar-refractivity contribution in [2.75, 3.05) is 0 Å². The summed E-state index contributed by atoms with van der Waals surface area (Å²) in [6, 6.07) is 0. The smallest absolute Gasteiger partial charge is 0.147 e. The average Bonchev–Trinajstić information content (AvgIpc) is 1.64. The number of rotatable bonds is 0. The van der Waals surface area contributed by atoms with E-state index in [0.717, 1.165) is 5.69 Å². The van der Waals surface area contributed by atoms with Gasteiger partial charge in [0.15, 0.2) is 0 Å². The van der Waals surface area contributed by atoms with Crippen LogP contribution < -0.4 is 0 Å². The number of hydrogen-bond donors (Lipinski definition) is 0. The second kappa shape index (κ2) is 4.23. The maximum atomic E-state index is 5.47. The van der Waals surface area contributed by atoms with Crippen LogP contribution >= 0.6 is 11.6 Å². The summed E-state index contributed by atoms with van der Waals surface area (Å²) in [4.78, 5) is 7.67. The minimum Gasteiger partial charge on any atom is -0.260 e. The Morgan fingerprint density at radius 2 is 2.11 bits per heavy atom. The van der Waals surface area contributed by atoms with Gasteiger partial charge in [-0.25, -0.2) is 4.98 Å². The van der Waals surface area contributed by atoms with Crippen LogP contribution in [0.25, 0.3) is 0 Å². The van der Waals surface area contributed by atoms with E-state index in [4.69, 9.17) is 11.6 Å². The topological polar surface area (TPSA) is 25.8 Å². The van der Waals surface area contributed by atoms with E-state index in [1.807, 2.05) is 6.92 Å². The van der Waals surface area contributed by atoms with Gasteiger partial charge < -0.3 is 0 Å². The Hall–Kier alpha value is 0.370. The Labute approximate surface area is 81.0 Å². The second-order valence-corrected chi connectivity index (χ2v) is 1.87. The molecule has 1 aromatic rings. The zero-order valence-electron chi connectivity index (χ0n) is 5.43. The van der Waals surface area contributed by atoms with Gasteiger partial charge in [0.2, 0.25) is 0 Å². The molecule has 0 spiro atoms. The van der Waals surface area contributed by atoms with Crippen LogP contribution in [0.5, 0.6) is 0 Å². The molecule has 1 aromatic heterocycles. The van der Waals surface area contributed by atoms with E-state index in [9.17, 15) is 0 Å². The second-order valence-electron chi connectivity index (χ2n) is 1.48. The van der Waals surface area contributed by atoms with Gasteiger partial charge in [-0.2, -0.15) is 0 Å². The summed E-state index contributed by atoms with van der Waals surface area (Å²) in [5.41, 5.74) is 0.845. The minimum atomic E-state index is 0. The molecule has 43 valence electrons. The predicted molar refractivity (Wildman–Crippen MR) is 37.5 cm³/mol. The first-order valence-electron chi connectivity index (χ1n) is 2.23. The molecule has 0 bridgehead atoms. The molecule has 1 radical (unpaired) electrons. The van der Waals surface area contributed by atoms with Crippen LogP contribution in [0, 0.1) is 6.92 Å². The molecule has 0 N–H and O–H groups in total. The van der Waals surface area contributed by atoms with Gasteiger partial charge in [0.05, 0.1) is 11.9 Å². The summed E-state index contributed by atoms with van der Waals surface area (Å²) in [6.45, 7) is 1.85. The third-order valence-electron chi connectivity index (χ3n) is 0.726. The van der Waals surface area contributed by atoms with E-state index < -0.39 is 0 Å². The van der Waals surface area contributed by atoms with Gasteiger partial charge in [0.25, 0.3) is 0 Å². The molecule has 0 saturated heterocycles. The first kappa shape index (κ1) is 9.37. The molecule has 0 aromatic carbocycles. The first-order valence-corrected chi connectivity index (χ1v) is 2.61. The molecule has 1 rings (SSSR count). The van der Waals surface area contributed by atoms with Gasteiger partial charge in [0.1, 0.15) is 5.15 Å². The van der Waals surface area contributed by atoms with Crippen molar-refractivity contribution in [1.29, 1.82) is 0 Å². The number of aromatic nitrogens is 2. The van der Waals surface area contributed by atoms with Gasteiger partial charge in [-0.3, -0.25) is 4.98 Å². The first-order chi connectivity index (χ1) is 3.79. The van der Waals surface area contributed by atoms with Gasteiger partial charge in [-0.15, -0.1) is 0 Å². The molecule has 2 nitrogen and oxygen atoms in total. The Balaban J connectivity index is 0.000000640. The molecule has 0 aliphatic heterocycles. The van der Waals surface area contributed by atoms with Crippen molar-refractivity contribution >= 4 is 41.2 Å². The van der Waals surface area contributed by atoms with E-state index in [1.54, 1.807) is 6.20 Å². The molecule has 1 heterocycles. The van der Waals surface area contributed by atoms with Crippen LogP contribution in [0.1, 0.15) is 5.69 Å². The van der Waals surface area contributed by atoms with Gasteiger partial charge in [-0.05, 0) is 6.92 Å². The molecule has 0 unspecified atom stereocenters. The Morgan fingerprint density at radius 3 is 2.44 bits per heavy atom. The number of aryl methyl sites for hydroxylation is 1. The van der Waals surface area contributed by atoms with Crippen LogP contribution in [0.2, 0.25) is 5.15 Å². The molecular weight excluding hydrogens is 147 g/mol. The van der Waals surface area contributed by atoms with Crippen LogP contribution in [-0.2, 0) is 0 Å². The van der Waals surface area contributed by atoms with Crippen molar-refractivity contribution in [3.63, 3.8) is 0 Å². The number of halogens is 1. The zero-order valence-corrected chi connectivity index (χ0v) is 8.18. The summed E-state index contributed by atoms with van der Waals surface area (Å²) < 4.78 is 0. The molecule has 0 saturated carbocycles. The summed E-state index contributed by atoms with van der Waals surface area (Å²) in [6.07, 6.45) is 3.17. The predicted octanol–water partition coefficient (Wildman–Crippen LogP) is 1.06. The van der Waals surface area contributed by atoms with Gasteiger partial charge in [-0.1, -0.05) is 11.6 Å². The molecule has 0 aliphatic rings. The van der Waals surface area contributed by atoms with Gasteiger partial charge in [0, 0.05) is 35.8 Å². The van der Waals surface area contributed by atoms with Crippen molar-refractivity contribution in [3.8, 4) is 0 Å². The van der Waals surface area contributed by atoms with Crippen molar-refractivity contribution < 1.29 is 0 Å². The van der Waals surface area contributed by atoms with E-state index >= 15 is 0 Å². The minimum absolute atomic E-state index is 0. The van der Waals surface area contributed by atoms with Crippen molar-refractivity contribution in [3.05, 3.63) is 23.2 Å². The maximum Gasteiger partial charge on any atom is 0.147 e. The van der Waals surface area contributed by atoms with Crippen LogP contribution in [0.15, 0.2) is 12.4 Å². The standard InChI is InChI=1S/C5H5ClN2.Na/c1-4-2-7-3-5(6)8-4;/h2-3H,1H3;. The molecule has 4 heteroatoms. The third kappa shape index (κ3) is 3.16. The molecule has 0 fully saturated rings. The van der Waals surface area contributed by atoms with Crippen LogP contribution in [0.4, 0.5) is 0 Å². The van der Waals surface area contributed by atoms with Crippen molar-refractivity contribution in [2.24, 2.45) is 0 Å². The number of nitrogens with zero attached hydrogens (tertiary/aromatic N) is 2. The Morgan fingerprint density at radius 1 is 1.44 bits per heavy atom. The monoisotopic (exact) mass is 151 g/mol. The third-order valence-corrected chi connectivity index (χ3v) is 0.908. The summed E-state index contributed by atoms with van der Waals surface area (Å²) in [5.74, 6) is 0. The van der Waals surface area contributed by atoms with Crippen LogP contribution in [-0.4, -0.2) is 39.5 Å². The molecule has 0 atom stereocenters. The molecule has 0 amide bonds. The Kier molecular flexibility index (Phi) is 4.40. The summed E-state index contributed by atoms with van der Waals surface area (Å²) in [7, 11) is 0. The van der Waals surface area contributed by atoms with Crippen molar-refractivity contribution in [1.82, 2.24) is 9.97 Å². The molecule has 0 aliphatic carbocycles.